The van der Waals surface area contributed by atoms with E-state index >= 15 is 0 Å². The molecule has 1 aromatic carbocycles. The molecule has 2 heterocycles. The maximum absolute atomic E-state index is 12.1. The van der Waals surface area contributed by atoms with Crippen LogP contribution in [0.3, 0.4) is 0 Å². The van der Waals surface area contributed by atoms with Crippen molar-refractivity contribution in [3.8, 4) is 0 Å². The van der Waals surface area contributed by atoms with Crippen molar-refractivity contribution in [3.63, 3.8) is 0 Å². The summed E-state index contributed by atoms with van der Waals surface area (Å²) < 4.78 is 30.4. The predicted octanol–water partition coefficient (Wildman–Crippen LogP) is 2.24. The quantitative estimate of drug-likeness (QED) is 0.620. The number of hydrogen-bond acceptors (Lipinski definition) is 6. The normalized spacial score (nSPS) is 11.6. The second-order valence-electron chi connectivity index (χ2n) is 6.02. The average Bonchev–Trinajstić information content (AvgIpc) is 3.01. The standard InChI is InChI=1S/C18H20N4O4S/c1-2-3-10-22-16-8-7-13(27(19,24)25)11-15(16)21-17(22)12-26-18(23)14-6-4-5-9-20-14/h4-9,11H,2-3,10,12H2,1H3,(H2,19,24,25). The van der Waals surface area contributed by atoms with Crippen molar-refractivity contribution in [2.45, 2.75) is 37.8 Å². The van der Waals surface area contributed by atoms with Crippen LogP contribution in [0.4, 0.5) is 0 Å². The summed E-state index contributed by atoms with van der Waals surface area (Å²) in [6.07, 6.45) is 3.40. The summed E-state index contributed by atoms with van der Waals surface area (Å²) in [5.41, 5.74) is 1.46. The molecule has 142 valence electrons. The van der Waals surface area contributed by atoms with E-state index in [-0.39, 0.29) is 17.2 Å². The topological polar surface area (TPSA) is 117 Å². The van der Waals surface area contributed by atoms with Crippen LogP contribution < -0.4 is 5.14 Å². The number of carbonyl (C=O) groups is 1. The Morgan fingerprint density at radius 3 is 2.74 bits per heavy atom. The second kappa shape index (κ2) is 7.85. The van der Waals surface area contributed by atoms with Crippen molar-refractivity contribution in [2.75, 3.05) is 0 Å². The Kier molecular flexibility index (Phi) is 5.52. The highest BCUT2D eigenvalue weighted by Gasteiger charge is 2.16. The van der Waals surface area contributed by atoms with Crippen LogP contribution >= 0.6 is 0 Å². The van der Waals surface area contributed by atoms with Gasteiger partial charge < -0.3 is 9.30 Å². The number of imidazole rings is 1. The van der Waals surface area contributed by atoms with Gasteiger partial charge in [0, 0.05) is 12.7 Å². The molecule has 0 fully saturated rings. The molecule has 3 aromatic rings. The molecule has 0 amide bonds. The van der Waals surface area contributed by atoms with Gasteiger partial charge in [-0.3, -0.25) is 0 Å². The van der Waals surface area contributed by atoms with Gasteiger partial charge in [0.05, 0.1) is 15.9 Å². The van der Waals surface area contributed by atoms with Gasteiger partial charge in [0.1, 0.15) is 18.1 Å². The molecule has 0 saturated carbocycles. The summed E-state index contributed by atoms with van der Waals surface area (Å²) in [6, 6.07) is 9.53. The first-order chi connectivity index (χ1) is 12.9. The van der Waals surface area contributed by atoms with E-state index in [9.17, 15) is 13.2 Å². The lowest BCUT2D eigenvalue weighted by Crippen LogP contribution is -2.12. The SMILES string of the molecule is CCCCn1c(COC(=O)c2ccccn2)nc2cc(S(N)(=O)=O)ccc21. The number of sulfonamides is 1. The van der Waals surface area contributed by atoms with Crippen LogP contribution in [-0.4, -0.2) is 28.9 Å². The van der Waals surface area contributed by atoms with Gasteiger partial charge in [0.15, 0.2) is 0 Å². The highest BCUT2D eigenvalue weighted by atomic mass is 32.2. The number of aryl methyl sites for hydroxylation is 1. The molecule has 9 heteroatoms. The van der Waals surface area contributed by atoms with Gasteiger partial charge in [-0.1, -0.05) is 19.4 Å². The Bertz CT molecular complexity index is 1060. The third-order valence-electron chi connectivity index (χ3n) is 4.07. The fraction of sp³-hybridized carbons (Fsp3) is 0.278. The third-order valence-corrected chi connectivity index (χ3v) is 4.98. The Morgan fingerprint density at radius 1 is 1.26 bits per heavy atom. The number of rotatable bonds is 7. The van der Waals surface area contributed by atoms with E-state index in [2.05, 4.69) is 16.9 Å². The van der Waals surface area contributed by atoms with E-state index in [0.29, 0.717) is 17.9 Å². The summed E-state index contributed by atoms with van der Waals surface area (Å²) in [6.45, 7) is 2.70. The second-order valence-corrected chi connectivity index (χ2v) is 7.58. The number of aromatic nitrogens is 3. The number of benzene rings is 1. The molecule has 3 rings (SSSR count). The first kappa shape index (κ1) is 19.0. The van der Waals surface area contributed by atoms with E-state index in [1.54, 1.807) is 24.3 Å². The van der Waals surface area contributed by atoms with E-state index in [0.717, 1.165) is 18.4 Å². The van der Waals surface area contributed by atoms with Crippen molar-refractivity contribution >= 4 is 27.0 Å². The average molecular weight is 388 g/mol. The zero-order valence-corrected chi connectivity index (χ0v) is 15.6. The first-order valence-electron chi connectivity index (χ1n) is 8.50. The van der Waals surface area contributed by atoms with Gasteiger partial charge in [-0.25, -0.2) is 28.3 Å². The smallest absolute Gasteiger partial charge is 0.357 e. The van der Waals surface area contributed by atoms with Crippen LogP contribution in [0.5, 0.6) is 0 Å². The Morgan fingerprint density at radius 2 is 2.07 bits per heavy atom. The van der Waals surface area contributed by atoms with Crippen LogP contribution in [0.2, 0.25) is 0 Å². The highest BCUT2D eigenvalue weighted by Crippen LogP contribution is 2.21. The number of carbonyl (C=O) groups excluding carboxylic acids is 1. The molecule has 0 bridgehead atoms. The predicted molar refractivity (Wildman–Crippen MR) is 99.4 cm³/mol. The van der Waals surface area contributed by atoms with E-state index < -0.39 is 16.0 Å². The number of nitrogens with zero attached hydrogens (tertiary/aromatic N) is 3. The third kappa shape index (κ3) is 4.32. The van der Waals surface area contributed by atoms with E-state index in [1.807, 2.05) is 4.57 Å². The van der Waals surface area contributed by atoms with E-state index in [1.165, 1.54) is 18.3 Å². The minimum Gasteiger partial charge on any atom is -0.453 e. The molecule has 8 nitrogen and oxygen atoms in total. The molecular weight excluding hydrogens is 368 g/mol. The molecule has 27 heavy (non-hydrogen) atoms. The number of primary sulfonamides is 1. The van der Waals surface area contributed by atoms with Crippen LogP contribution in [0.15, 0.2) is 47.5 Å². The maximum atomic E-state index is 12.1. The number of pyridine rings is 1. The van der Waals surface area contributed by atoms with Gasteiger partial charge in [-0.2, -0.15) is 0 Å². The van der Waals surface area contributed by atoms with Crippen molar-refractivity contribution in [1.29, 1.82) is 0 Å². The maximum Gasteiger partial charge on any atom is 0.357 e. The zero-order valence-electron chi connectivity index (χ0n) is 14.8. The van der Waals surface area contributed by atoms with Gasteiger partial charge in [-0.05, 0) is 36.8 Å². The molecule has 0 radical (unpaired) electrons. The molecule has 0 saturated heterocycles. The molecule has 0 atom stereocenters. The summed E-state index contributed by atoms with van der Waals surface area (Å²) in [7, 11) is -3.82. The number of nitrogens with two attached hydrogens (primary N) is 1. The minimum absolute atomic E-state index is 0.00725. The number of ether oxygens (including phenoxy) is 1. The van der Waals surface area contributed by atoms with Crippen molar-refractivity contribution in [3.05, 3.63) is 54.1 Å². The van der Waals surface area contributed by atoms with Crippen molar-refractivity contribution in [2.24, 2.45) is 5.14 Å². The first-order valence-corrected chi connectivity index (χ1v) is 10.0. The molecule has 0 aliphatic carbocycles. The Hall–Kier alpha value is -2.78. The molecule has 2 aromatic heterocycles. The van der Waals surface area contributed by atoms with Gasteiger partial charge >= 0.3 is 5.97 Å². The van der Waals surface area contributed by atoms with Crippen LogP contribution in [0, 0.1) is 0 Å². The van der Waals surface area contributed by atoms with Gasteiger partial charge in [0.25, 0.3) is 0 Å². The molecule has 2 N–H and O–H groups in total. The number of fused-ring (bicyclic) bond motifs is 1. The summed E-state index contributed by atoms with van der Waals surface area (Å²) >= 11 is 0. The van der Waals surface area contributed by atoms with Crippen molar-refractivity contribution in [1.82, 2.24) is 14.5 Å². The molecule has 0 aliphatic heterocycles. The lowest BCUT2D eigenvalue weighted by Gasteiger charge is -2.09. The van der Waals surface area contributed by atoms with Gasteiger partial charge in [-0.15, -0.1) is 0 Å². The van der Waals surface area contributed by atoms with Crippen LogP contribution in [0.25, 0.3) is 11.0 Å². The lowest BCUT2D eigenvalue weighted by atomic mass is 10.3. The number of hydrogen-bond donors (Lipinski definition) is 1. The van der Waals surface area contributed by atoms with Gasteiger partial charge in [0.2, 0.25) is 10.0 Å². The summed E-state index contributed by atoms with van der Waals surface area (Å²) in [4.78, 5) is 20.5. The summed E-state index contributed by atoms with van der Waals surface area (Å²) in [5.74, 6) is -0.00998. The zero-order chi connectivity index (χ0) is 19.4. The lowest BCUT2D eigenvalue weighted by molar-refractivity contribution is 0.0451. The fourth-order valence-electron chi connectivity index (χ4n) is 2.70. The van der Waals surface area contributed by atoms with Crippen LogP contribution in [0.1, 0.15) is 36.1 Å². The largest absolute Gasteiger partial charge is 0.453 e. The van der Waals surface area contributed by atoms with E-state index in [4.69, 9.17) is 9.88 Å². The Balaban J connectivity index is 1.91. The molecule has 0 unspecified atom stereocenters. The number of unbranched alkanes of at least 4 members (excludes halogenated alkanes) is 1. The highest BCUT2D eigenvalue weighted by molar-refractivity contribution is 7.89. The fourth-order valence-corrected chi connectivity index (χ4v) is 3.23. The van der Waals surface area contributed by atoms with Crippen LogP contribution in [-0.2, 0) is 27.9 Å². The molecular formula is C18H20N4O4S. The molecule has 0 aliphatic rings. The number of esters is 1. The molecule has 0 spiro atoms. The van der Waals surface area contributed by atoms with Crippen molar-refractivity contribution < 1.29 is 17.9 Å². The Labute approximate surface area is 157 Å². The monoisotopic (exact) mass is 388 g/mol. The summed E-state index contributed by atoms with van der Waals surface area (Å²) in [5, 5.41) is 5.20. The minimum atomic E-state index is -3.82.